The average Bonchev–Trinajstić information content (AvgIpc) is 2.43. The van der Waals surface area contributed by atoms with Crippen molar-refractivity contribution in [2.24, 2.45) is 0 Å². The average molecular weight is 279 g/mol. The summed E-state index contributed by atoms with van der Waals surface area (Å²) in [5.41, 5.74) is 0.793. The standard InChI is InChI=1S/C15H21NO4/c1-3-4-8-13(15(18)19)16-14(17)10-11-6-5-7-12(9-11)20-2/h5-7,9,13H,3-4,8,10H2,1-2H3,(H,16,17)(H,18,19). The van der Waals surface area contributed by atoms with Crippen molar-refractivity contribution in [3.63, 3.8) is 0 Å². The van der Waals surface area contributed by atoms with Gasteiger partial charge in [0.2, 0.25) is 5.91 Å². The molecule has 0 fully saturated rings. The van der Waals surface area contributed by atoms with E-state index >= 15 is 0 Å². The van der Waals surface area contributed by atoms with Crippen LogP contribution in [0.3, 0.4) is 0 Å². The summed E-state index contributed by atoms with van der Waals surface area (Å²) < 4.78 is 5.08. The van der Waals surface area contributed by atoms with Gasteiger partial charge in [-0.25, -0.2) is 4.79 Å². The fourth-order valence-electron chi connectivity index (χ4n) is 1.88. The molecule has 5 heteroatoms. The molecule has 1 amide bonds. The molecule has 0 spiro atoms. The molecule has 1 aromatic carbocycles. The number of carbonyl (C=O) groups is 2. The van der Waals surface area contributed by atoms with E-state index in [1.165, 1.54) is 0 Å². The number of benzene rings is 1. The van der Waals surface area contributed by atoms with Crippen molar-refractivity contribution in [1.82, 2.24) is 5.32 Å². The second kappa shape index (κ2) is 8.19. The number of amides is 1. The second-order valence-corrected chi connectivity index (χ2v) is 4.63. The number of carbonyl (C=O) groups excluding carboxylic acids is 1. The Hall–Kier alpha value is -2.04. The van der Waals surface area contributed by atoms with Gasteiger partial charge in [0.05, 0.1) is 13.5 Å². The number of hydrogen-bond donors (Lipinski definition) is 2. The number of ether oxygens (including phenoxy) is 1. The van der Waals surface area contributed by atoms with Crippen LogP contribution in [0.2, 0.25) is 0 Å². The molecule has 1 rings (SSSR count). The number of rotatable bonds is 8. The number of hydrogen-bond acceptors (Lipinski definition) is 3. The maximum absolute atomic E-state index is 11.9. The molecule has 0 radical (unpaired) electrons. The first-order valence-electron chi connectivity index (χ1n) is 6.72. The number of carboxylic acids is 1. The topological polar surface area (TPSA) is 75.6 Å². The zero-order chi connectivity index (χ0) is 15.0. The lowest BCUT2D eigenvalue weighted by Gasteiger charge is -2.14. The molecule has 1 aromatic rings. The van der Waals surface area contributed by atoms with Gasteiger partial charge in [-0.1, -0.05) is 31.9 Å². The van der Waals surface area contributed by atoms with E-state index in [9.17, 15) is 9.59 Å². The van der Waals surface area contributed by atoms with Crippen LogP contribution in [-0.4, -0.2) is 30.1 Å². The summed E-state index contributed by atoms with van der Waals surface area (Å²) >= 11 is 0. The lowest BCUT2D eigenvalue weighted by Crippen LogP contribution is -2.41. The first kappa shape index (κ1) is 16.0. The molecule has 0 aliphatic rings. The minimum Gasteiger partial charge on any atom is -0.497 e. The molecule has 1 unspecified atom stereocenters. The van der Waals surface area contributed by atoms with E-state index in [1.54, 1.807) is 25.3 Å². The van der Waals surface area contributed by atoms with Gasteiger partial charge in [0.1, 0.15) is 11.8 Å². The zero-order valence-electron chi connectivity index (χ0n) is 11.9. The quantitative estimate of drug-likeness (QED) is 0.763. The summed E-state index contributed by atoms with van der Waals surface area (Å²) in [6.45, 7) is 1.98. The fraction of sp³-hybridized carbons (Fsp3) is 0.467. The maximum atomic E-state index is 11.9. The van der Waals surface area contributed by atoms with Gasteiger partial charge >= 0.3 is 5.97 Å². The predicted octanol–water partition coefficient (Wildman–Crippen LogP) is 2.00. The molecule has 0 saturated carbocycles. The summed E-state index contributed by atoms with van der Waals surface area (Å²) in [6, 6.07) is 6.36. The van der Waals surface area contributed by atoms with E-state index in [0.29, 0.717) is 12.2 Å². The van der Waals surface area contributed by atoms with Crippen LogP contribution in [0.1, 0.15) is 31.7 Å². The van der Waals surface area contributed by atoms with Crippen LogP contribution in [0, 0.1) is 0 Å². The number of unbranched alkanes of at least 4 members (excludes halogenated alkanes) is 1. The fourth-order valence-corrected chi connectivity index (χ4v) is 1.88. The Kier molecular flexibility index (Phi) is 6.56. The Morgan fingerprint density at radius 2 is 2.15 bits per heavy atom. The van der Waals surface area contributed by atoms with Crippen LogP contribution in [-0.2, 0) is 16.0 Å². The lowest BCUT2D eigenvalue weighted by atomic mass is 10.1. The maximum Gasteiger partial charge on any atom is 0.326 e. The minimum atomic E-state index is -0.988. The van der Waals surface area contributed by atoms with Crippen LogP contribution in [0.5, 0.6) is 5.75 Å². The van der Waals surface area contributed by atoms with E-state index in [0.717, 1.165) is 18.4 Å². The first-order chi connectivity index (χ1) is 9.56. The molecule has 0 aromatic heterocycles. The van der Waals surface area contributed by atoms with E-state index in [-0.39, 0.29) is 12.3 Å². The lowest BCUT2D eigenvalue weighted by molar-refractivity contribution is -0.142. The van der Waals surface area contributed by atoms with Crippen LogP contribution in [0.25, 0.3) is 0 Å². The van der Waals surface area contributed by atoms with Gasteiger partial charge in [-0.05, 0) is 24.1 Å². The Balaban J connectivity index is 2.58. The Bertz CT molecular complexity index is 459. The number of methoxy groups -OCH3 is 1. The largest absolute Gasteiger partial charge is 0.497 e. The molecule has 0 heterocycles. The van der Waals surface area contributed by atoms with Crippen molar-refractivity contribution in [2.75, 3.05) is 7.11 Å². The highest BCUT2D eigenvalue weighted by Gasteiger charge is 2.19. The molecular weight excluding hydrogens is 258 g/mol. The normalized spacial score (nSPS) is 11.7. The highest BCUT2D eigenvalue weighted by molar-refractivity contribution is 5.84. The molecule has 0 bridgehead atoms. The minimum absolute atomic E-state index is 0.146. The molecule has 0 saturated heterocycles. The van der Waals surface area contributed by atoms with Crippen molar-refractivity contribution in [1.29, 1.82) is 0 Å². The van der Waals surface area contributed by atoms with E-state index in [2.05, 4.69) is 5.32 Å². The van der Waals surface area contributed by atoms with Gasteiger partial charge in [0.25, 0.3) is 0 Å². The molecule has 0 aliphatic carbocycles. The van der Waals surface area contributed by atoms with Gasteiger partial charge < -0.3 is 15.2 Å². The Morgan fingerprint density at radius 1 is 1.40 bits per heavy atom. The number of carboxylic acid groups (broad SMARTS) is 1. The van der Waals surface area contributed by atoms with E-state index in [4.69, 9.17) is 9.84 Å². The van der Waals surface area contributed by atoms with Crippen molar-refractivity contribution in [2.45, 2.75) is 38.6 Å². The Morgan fingerprint density at radius 3 is 2.75 bits per heavy atom. The summed E-state index contributed by atoms with van der Waals surface area (Å²) in [5, 5.41) is 11.6. The van der Waals surface area contributed by atoms with Gasteiger partial charge in [-0.15, -0.1) is 0 Å². The van der Waals surface area contributed by atoms with E-state index < -0.39 is 12.0 Å². The number of aliphatic carboxylic acids is 1. The molecule has 2 N–H and O–H groups in total. The van der Waals surface area contributed by atoms with Crippen LogP contribution >= 0.6 is 0 Å². The molecule has 1 atom stereocenters. The number of nitrogens with one attached hydrogen (secondary N) is 1. The summed E-state index contributed by atoms with van der Waals surface area (Å²) in [6.07, 6.45) is 2.27. The highest BCUT2D eigenvalue weighted by atomic mass is 16.5. The van der Waals surface area contributed by atoms with Gasteiger partial charge in [0, 0.05) is 0 Å². The van der Waals surface area contributed by atoms with Gasteiger partial charge in [-0.3, -0.25) is 4.79 Å². The molecule has 20 heavy (non-hydrogen) atoms. The molecular formula is C15H21NO4. The van der Waals surface area contributed by atoms with Gasteiger partial charge in [0.15, 0.2) is 0 Å². The zero-order valence-corrected chi connectivity index (χ0v) is 11.9. The van der Waals surface area contributed by atoms with E-state index in [1.807, 2.05) is 13.0 Å². The first-order valence-corrected chi connectivity index (χ1v) is 6.72. The van der Waals surface area contributed by atoms with Crippen LogP contribution < -0.4 is 10.1 Å². The SMILES string of the molecule is CCCCC(NC(=O)Cc1cccc(OC)c1)C(=O)O. The molecule has 110 valence electrons. The third-order valence-electron chi connectivity index (χ3n) is 2.98. The van der Waals surface area contributed by atoms with Crippen molar-refractivity contribution in [3.8, 4) is 5.75 Å². The third kappa shape index (κ3) is 5.30. The smallest absolute Gasteiger partial charge is 0.326 e. The summed E-state index contributed by atoms with van der Waals surface area (Å²) in [5.74, 6) is -0.602. The molecule has 5 nitrogen and oxygen atoms in total. The van der Waals surface area contributed by atoms with Crippen LogP contribution in [0.15, 0.2) is 24.3 Å². The monoisotopic (exact) mass is 279 g/mol. The molecule has 0 aliphatic heterocycles. The van der Waals surface area contributed by atoms with Crippen molar-refractivity contribution >= 4 is 11.9 Å². The Labute approximate surface area is 118 Å². The van der Waals surface area contributed by atoms with Crippen molar-refractivity contribution in [3.05, 3.63) is 29.8 Å². The summed E-state index contributed by atoms with van der Waals surface area (Å²) in [7, 11) is 1.56. The second-order valence-electron chi connectivity index (χ2n) is 4.63. The van der Waals surface area contributed by atoms with Crippen molar-refractivity contribution < 1.29 is 19.4 Å². The highest BCUT2D eigenvalue weighted by Crippen LogP contribution is 2.13. The van der Waals surface area contributed by atoms with Crippen LogP contribution in [0.4, 0.5) is 0 Å². The third-order valence-corrected chi connectivity index (χ3v) is 2.98. The van der Waals surface area contributed by atoms with Gasteiger partial charge in [-0.2, -0.15) is 0 Å². The summed E-state index contributed by atoms with van der Waals surface area (Å²) in [4.78, 5) is 22.9. The predicted molar refractivity (Wildman–Crippen MR) is 75.8 cm³/mol.